The Morgan fingerprint density at radius 2 is 1.79 bits per heavy atom. The van der Waals surface area contributed by atoms with Gasteiger partial charge in [0.05, 0.1) is 5.69 Å². The molecule has 0 unspecified atom stereocenters. The van der Waals surface area contributed by atoms with Gasteiger partial charge < -0.3 is 4.74 Å². The number of halogens is 4. The number of hydrogen-bond acceptors (Lipinski definition) is 5. The number of nitrogens with zero attached hydrogens (tertiary/aromatic N) is 2. The molecule has 0 saturated heterocycles. The van der Waals surface area contributed by atoms with Gasteiger partial charge in [0, 0.05) is 9.40 Å². The quantitative estimate of drug-likeness (QED) is 0.387. The summed E-state index contributed by atoms with van der Waals surface area (Å²) in [5.41, 5.74) is -4.04. The van der Waals surface area contributed by atoms with Crippen LogP contribution in [0.5, 0.6) is 0 Å². The zero-order valence-electron chi connectivity index (χ0n) is 17.9. The molecule has 1 heterocycles. The number of alkyl halides is 3. The molecule has 2 amide bonds. The maximum Gasteiger partial charge on any atom is 0.421 e. The molecule has 2 aromatic carbocycles. The number of nitro groups is 1. The fraction of sp³-hybridized carbons (Fsp3) is 0.364. The van der Waals surface area contributed by atoms with E-state index in [0.29, 0.717) is 9.37 Å². The van der Waals surface area contributed by atoms with Crippen molar-refractivity contribution in [3.05, 3.63) is 74.2 Å². The van der Waals surface area contributed by atoms with Gasteiger partial charge in [-0.05, 0) is 44.0 Å². The highest BCUT2D eigenvalue weighted by molar-refractivity contribution is 9.10. The van der Waals surface area contributed by atoms with E-state index in [9.17, 15) is 32.9 Å². The van der Waals surface area contributed by atoms with Crippen LogP contribution in [0.25, 0.3) is 0 Å². The zero-order valence-corrected chi connectivity index (χ0v) is 19.4. The molecule has 176 valence electrons. The number of benzene rings is 2. The van der Waals surface area contributed by atoms with Crippen LogP contribution in [-0.4, -0.2) is 35.2 Å². The highest BCUT2D eigenvalue weighted by atomic mass is 79.9. The minimum absolute atomic E-state index is 0.117. The molecule has 3 rings (SSSR count). The number of hydrogen-bond donors (Lipinski definition) is 0. The number of ether oxygens (including phenoxy) is 1. The number of anilines is 1. The van der Waals surface area contributed by atoms with Crippen molar-refractivity contribution >= 4 is 33.6 Å². The third-order valence-corrected chi connectivity index (χ3v) is 5.71. The molecule has 0 radical (unpaired) electrons. The zero-order chi connectivity index (χ0) is 24.8. The summed E-state index contributed by atoms with van der Waals surface area (Å²) in [4.78, 5) is 37.7. The highest BCUT2D eigenvalue weighted by Crippen LogP contribution is 2.55. The Hall–Kier alpha value is -2.95. The van der Waals surface area contributed by atoms with Crippen LogP contribution in [0, 0.1) is 16.0 Å². The maximum absolute atomic E-state index is 14.4. The fourth-order valence-electron chi connectivity index (χ4n) is 4.07. The predicted octanol–water partition coefficient (Wildman–Crippen LogP) is 5.47. The van der Waals surface area contributed by atoms with E-state index < -0.39 is 46.6 Å². The van der Waals surface area contributed by atoms with Gasteiger partial charge in [0.2, 0.25) is 6.54 Å². The Morgan fingerprint density at radius 3 is 2.30 bits per heavy atom. The standard InChI is InChI=1S/C22H20BrF3N2O5/c1-20(2,3)33-19(30)28-16-11-14(23)9-10-15(16)21(18(28)29,13-7-5-4-6-8-13)17(12-27(31)32)22(24,25)26/h4-11,17H,12H2,1-3H3/t17-,21+/m0/s1. The van der Waals surface area contributed by atoms with Gasteiger partial charge in [-0.1, -0.05) is 52.3 Å². The number of imide groups is 1. The van der Waals surface area contributed by atoms with Crippen LogP contribution in [0.1, 0.15) is 31.9 Å². The van der Waals surface area contributed by atoms with E-state index in [1.807, 2.05) is 0 Å². The molecule has 1 aliphatic heterocycles. The summed E-state index contributed by atoms with van der Waals surface area (Å²) >= 11 is 3.21. The maximum atomic E-state index is 14.4. The Morgan fingerprint density at radius 1 is 1.18 bits per heavy atom. The molecule has 2 atom stereocenters. The Balaban J connectivity index is 2.40. The largest absolute Gasteiger partial charge is 0.443 e. The molecule has 1 aliphatic rings. The van der Waals surface area contributed by atoms with Gasteiger partial charge in [-0.2, -0.15) is 13.2 Å². The summed E-state index contributed by atoms with van der Waals surface area (Å²) in [6.07, 6.45) is -6.32. The lowest BCUT2D eigenvalue weighted by Gasteiger charge is -2.36. The lowest BCUT2D eigenvalue weighted by molar-refractivity contribution is -0.499. The van der Waals surface area contributed by atoms with Crippen LogP contribution >= 0.6 is 15.9 Å². The summed E-state index contributed by atoms with van der Waals surface area (Å²) in [6, 6.07) is 11.0. The highest BCUT2D eigenvalue weighted by Gasteiger charge is 2.67. The van der Waals surface area contributed by atoms with E-state index >= 15 is 0 Å². The fourth-order valence-corrected chi connectivity index (χ4v) is 4.42. The third-order valence-electron chi connectivity index (χ3n) is 5.22. The monoisotopic (exact) mass is 528 g/mol. The van der Waals surface area contributed by atoms with E-state index in [4.69, 9.17) is 4.74 Å². The van der Waals surface area contributed by atoms with Crippen molar-refractivity contribution in [1.29, 1.82) is 0 Å². The summed E-state index contributed by atoms with van der Waals surface area (Å²) in [7, 11) is 0. The molecule has 0 N–H and O–H groups in total. The molecule has 11 heteroatoms. The lowest BCUT2D eigenvalue weighted by atomic mass is 9.66. The molecule has 0 fully saturated rings. The van der Waals surface area contributed by atoms with Crippen molar-refractivity contribution in [2.75, 3.05) is 11.4 Å². The van der Waals surface area contributed by atoms with Crippen LogP contribution in [0.4, 0.5) is 23.7 Å². The first-order valence-electron chi connectivity index (χ1n) is 9.81. The van der Waals surface area contributed by atoms with Crippen LogP contribution in [0.3, 0.4) is 0 Å². The minimum Gasteiger partial charge on any atom is -0.443 e. The van der Waals surface area contributed by atoms with Crippen molar-refractivity contribution in [3.8, 4) is 0 Å². The molecule has 33 heavy (non-hydrogen) atoms. The normalized spacial score (nSPS) is 19.2. The van der Waals surface area contributed by atoms with Crippen molar-refractivity contribution in [2.24, 2.45) is 5.92 Å². The van der Waals surface area contributed by atoms with Crippen molar-refractivity contribution in [2.45, 2.75) is 38.0 Å². The van der Waals surface area contributed by atoms with Crippen LogP contribution in [0.15, 0.2) is 53.0 Å². The predicted molar refractivity (Wildman–Crippen MR) is 116 cm³/mol. The van der Waals surface area contributed by atoms with Crippen molar-refractivity contribution in [3.63, 3.8) is 0 Å². The second-order valence-electron chi connectivity index (χ2n) is 8.57. The molecular formula is C22H20BrF3N2O5. The summed E-state index contributed by atoms with van der Waals surface area (Å²) in [5, 5.41) is 11.3. The molecule has 0 aromatic heterocycles. The first-order chi connectivity index (χ1) is 15.2. The summed E-state index contributed by atoms with van der Waals surface area (Å²) in [5.74, 6) is -4.01. The van der Waals surface area contributed by atoms with Gasteiger partial charge in [0.1, 0.15) is 16.9 Å². The Bertz CT molecular complexity index is 1100. The molecule has 2 aromatic rings. The van der Waals surface area contributed by atoms with Gasteiger partial charge in [-0.15, -0.1) is 0 Å². The van der Waals surface area contributed by atoms with Crippen LogP contribution in [0.2, 0.25) is 0 Å². The molecule has 7 nitrogen and oxygen atoms in total. The van der Waals surface area contributed by atoms with Gasteiger partial charge in [0.15, 0.2) is 0 Å². The van der Waals surface area contributed by atoms with E-state index in [2.05, 4.69) is 15.9 Å². The first kappa shape index (κ1) is 24.7. The third kappa shape index (κ3) is 4.46. The van der Waals surface area contributed by atoms with Gasteiger partial charge >= 0.3 is 12.3 Å². The second-order valence-corrected chi connectivity index (χ2v) is 9.48. The lowest BCUT2D eigenvalue weighted by Crippen LogP contribution is -2.55. The van der Waals surface area contributed by atoms with E-state index in [1.54, 1.807) is 26.8 Å². The average molecular weight is 529 g/mol. The smallest absolute Gasteiger partial charge is 0.421 e. The number of carbonyl (C=O) groups excluding carboxylic acids is 2. The average Bonchev–Trinajstić information content (AvgIpc) is 2.92. The Labute approximate surface area is 195 Å². The topological polar surface area (TPSA) is 89.8 Å². The van der Waals surface area contributed by atoms with E-state index in [-0.39, 0.29) is 16.8 Å². The number of amides is 2. The molecule has 0 aliphatic carbocycles. The van der Waals surface area contributed by atoms with Crippen molar-refractivity contribution in [1.82, 2.24) is 0 Å². The molecular weight excluding hydrogens is 509 g/mol. The van der Waals surface area contributed by atoms with E-state index in [0.717, 1.165) is 0 Å². The summed E-state index contributed by atoms with van der Waals surface area (Å²) < 4.78 is 48.9. The summed E-state index contributed by atoms with van der Waals surface area (Å²) in [6.45, 7) is 3.07. The van der Waals surface area contributed by atoms with Gasteiger partial charge in [-0.3, -0.25) is 14.9 Å². The van der Waals surface area contributed by atoms with Crippen LogP contribution in [-0.2, 0) is 14.9 Å². The van der Waals surface area contributed by atoms with Crippen LogP contribution < -0.4 is 4.90 Å². The van der Waals surface area contributed by atoms with Crippen molar-refractivity contribution < 1.29 is 32.4 Å². The second kappa shape index (κ2) is 8.44. The molecule has 0 saturated carbocycles. The van der Waals surface area contributed by atoms with Gasteiger partial charge in [-0.25, -0.2) is 9.69 Å². The van der Waals surface area contributed by atoms with Gasteiger partial charge in [0.25, 0.3) is 5.91 Å². The molecule has 0 bridgehead atoms. The SMILES string of the molecule is CC(C)(C)OC(=O)N1C(=O)[C@@](c2ccccc2)([C@H](C[N+](=O)[O-])C(F)(F)F)c2ccc(Br)cc21. The number of rotatable bonds is 4. The number of carbonyl (C=O) groups is 2. The first-order valence-corrected chi connectivity index (χ1v) is 10.6. The minimum atomic E-state index is -5.15. The number of fused-ring (bicyclic) bond motifs is 1. The molecule has 0 spiro atoms. The Kier molecular flexibility index (Phi) is 6.31. The van der Waals surface area contributed by atoms with E-state index in [1.165, 1.54) is 42.5 Å².